The highest BCUT2D eigenvalue weighted by Gasteiger charge is 2.12. The van der Waals surface area contributed by atoms with E-state index in [9.17, 15) is 4.79 Å². The predicted octanol–water partition coefficient (Wildman–Crippen LogP) is 4.39. The van der Waals surface area contributed by atoms with Crippen LogP contribution in [0, 0.1) is 6.92 Å². The highest BCUT2D eigenvalue weighted by Crippen LogP contribution is 2.28. The number of thiazole rings is 1. The Kier molecular flexibility index (Phi) is 4.41. The fourth-order valence-corrected chi connectivity index (χ4v) is 3.41. The maximum absolute atomic E-state index is 12.3. The van der Waals surface area contributed by atoms with Crippen LogP contribution in [-0.2, 0) is 4.79 Å². The van der Waals surface area contributed by atoms with Crippen LogP contribution in [0.2, 0.25) is 0 Å². The van der Waals surface area contributed by atoms with Gasteiger partial charge in [-0.2, -0.15) is 0 Å². The number of fused-ring (bicyclic) bond motifs is 1. The molecule has 0 fully saturated rings. The standard InChI is InChI=1S/C20H17N3O2S/c1-14-5-4-6-15(11-14)25-13-19(24)21-17-8-3-2-7-16(17)18-12-23-9-10-26-20(23)22-18/h2-12H,13H2,1H3,(H,21,24). The van der Waals surface area contributed by atoms with E-state index in [0.29, 0.717) is 5.75 Å². The van der Waals surface area contributed by atoms with Gasteiger partial charge in [-0.1, -0.05) is 30.3 Å². The maximum atomic E-state index is 12.3. The molecule has 26 heavy (non-hydrogen) atoms. The van der Waals surface area contributed by atoms with Crippen LogP contribution < -0.4 is 10.1 Å². The number of aromatic nitrogens is 2. The van der Waals surface area contributed by atoms with E-state index in [1.54, 1.807) is 11.3 Å². The number of carbonyl (C=O) groups is 1. The van der Waals surface area contributed by atoms with Gasteiger partial charge in [0.2, 0.25) is 0 Å². The zero-order chi connectivity index (χ0) is 17.9. The van der Waals surface area contributed by atoms with E-state index < -0.39 is 0 Å². The van der Waals surface area contributed by atoms with E-state index in [4.69, 9.17) is 4.74 Å². The fraction of sp³-hybridized carbons (Fsp3) is 0.100. The summed E-state index contributed by atoms with van der Waals surface area (Å²) in [7, 11) is 0. The molecule has 4 aromatic rings. The second-order valence-corrected chi connectivity index (χ2v) is 6.79. The summed E-state index contributed by atoms with van der Waals surface area (Å²) in [4.78, 5) is 17.9. The maximum Gasteiger partial charge on any atom is 0.262 e. The third-order valence-corrected chi connectivity index (χ3v) is 4.70. The van der Waals surface area contributed by atoms with Crippen molar-refractivity contribution in [1.29, 1.82) is 0 Å². The zero-order valence-corrected chi connectivity index (χ0v) is 15.0. The molecule has 2 aromatic carbocycles. The molecule has 0 spiro atoms. The first-order valence-electron chi connectivity index (χ1n) is 8.20. The predicted molar refractivity (Wildman–Crippen MR) is 104 cm³/mol. The molecule has 1 N–H and O–H groups in total. The van der Waals surface area contributed by atoms with E-state index in [0.717, 1.165) is 27.5 Å². The smallest absolute Gasteiger partial charge is 0.262 e. The molecule has 5 nitrogen and oxygen atoms in total. The highest BCUT2D eigenvalue weighted by molar-refractivity contribution is 7.15. The van der Waals surface area contributed by atoms with Gasteiger partial charge in [0, 0.05) is 23.3 Å². The number of nitrogens with zero attached hydrogens (tertiary/aromatic N) is 2. The van der Waals surface area contributed by atoms with Gasteiger partial charge in [-0.25, -0.2) is 4.98 Å². The molecule has 0 saturated heterocycles. The molecule has 0 saturated carbocycles. The first kappa shape index (κ1) is 16.4. The van der Waals surface area contributed by atoms with Gasteiger partial charge in [-0.3, -0.25) is 9.20 Å². The summed E-state index contributed by atoms with van der Waals surface area (Å²) in [5.74, 6) is 0.475. The summed E-state index contributed by atoms with van der Waals surface area (Å²) < 4.78 is 7.54. The number of amides is 1. The summed E-state index contributed by atoms with van der Waals surface area (Å²) in [6, 6.07) is 15.3. The summed E-state index contributed by atoms with van der Waals surface area (Å²) in [5.41, 5.74) is 3.52. The third-order valence-electron chi connectivity index (χ3n) is 3.93. The van der Waals surface area contributed by atoms with Gasteiger partial charge in [0.1, 0.15) is 5.75 Å². The fourth-order valence-electron chi connectivity index (χ4n) is 2.71. The highest BCUT2D eigenvalue weighted by atomic mass is 32.1. The van der Waals surface area contributed by atoms with Gasteiger partial charge in [-0.15, -0.1) is 11.3 Å². The minimum absolute atomic E-state index is 0.0456. The lowest BCUT2D eigenvalue weighted by Crippen LogP contribution is -2.20. The number of carbonyl (C=O) groups excluding carboxylic acids is 1. The Morgan fingerprint density at radius 2 is 2.12 bits per heavy atom. The first-order chi connectivity index (χ1) is 12.7. The lowest BCUT2D eigenvalue weighted by atomic mass is 10.1. The van der Waals surface area contributed by atoms with Crippen molar-refractivity contribution in [2.75, 3.05) is 11.9 Å². The molecular weight excluding hydrogens is 346 g/mol. The van der Waals surface area contributed by atoms with Crippen LogP contribution in [0.5, 0.6) is 5.75 Å². The molecule has 0 atom stereocenters. The summed E-state index contributed by atoms with van der Waals surface area (Å²) in [6.45, 7) is 1.94. The molecule has 0 radical (unpaired) electrons. The summed E-state index contributed by atoms with van der Waals surface area (Å²) in [6.07, 6.45) is 3.92. The number of aryl methyl sites for hydroxylation is 1. The molecule has 0 aliphatic rings. The van der Waals surface area contributed by atoms with Crippen molar-refractivity contribution < 1.29 is 9.53 Å². The van der Waals surface area contributed by atoms with Gasteiger partial charge in [0.05, 0.1) is 11.4 Å². The largest absolute Gasteiger partial charge is 0.484 e. The minimum atomic E-state index is -0.208. The van der Waals surface area contributed by atoms with Crippen molar-refractivity contribution in [2.24, 2.45) is 0 Å². The number of imidazole rings is 1. The van der Waals surface area contributed by atoms with Crippen molar-refractivity contribution in [3.05, 3.63) is 71.9 Å². The van der Waals surface area contributed by atoms with Crippen molar-refractivity contribution in [3.8, 4) is 17.0 Å². The van der Waals surface area contributed by atoms with Gasteiger partial charge in [0.15, 0.2) is 11.6 Å². The number of para-hydroxylation sites is 1. The zero-order valence-electron chi connectivity index (χ0n) is 14.2. The van der Waals surface area contributed by atoms with Crippen molar-refractivity contribution in [3.63, 3.8) is 0 Å². The molecule has 0 aliphatic heterocycles. The number of nitrogens with one attached hydrogen (secondary N) is 1. The lowest BCUT2D eigenvalue weighted by molar-refractivity contribution is -0.118. The molecular formula is C20H17N3O2S. The van der Waals surface area contributed by atoms with Crippen LogP contribution in [0.25, 0.3) is 16.2 Å². The summed E-state index contributed by atoms with van der Waals surface area (Å²) >= 11 is 1.57. The molecule has 130 valence electrons. The number of anilines is 1. The SMILES string of the molecule is Cc1cccc(OCC(=O)Nc2ccccc2-c2cn3ccsc3n2)c1. The molecule has 4 rings (SSSR count). The second-order valence-electron chi connectivity index (χ2n) is 5.92. The third kappa shape index (κ3) is 3.45. The lowest BCUT2D eigenvalue weighted by Gasteiger charge is -2.10. The van der Waals surface area contributed by atoms with Crippen LogP contribution in [0.4, 0.5) is 5.69 Å². The Balaban J connectivity index is 1.49. The quantitative estimate of drug-likeness (QED) is 0.572. The van der Waals surface area contributed by atoms with E-state index in [1.165, 1.54) is 0 Å². The van der Waals surface area contributed by atoms with Crippen LogP contribution in [0.3, 0.4) is 0 Å². The number of rotatable bonds is 5. The molecule has 2 heterocycles. The number of hydrogen-bond donors (Lipinski definition) is 1. The number of hydrogen-bond acceptors (Lipinski definition) is 4. The Labute approximate surface area is 154 Å². The Morgan fingerprint density at radius 1 is 1.23 bits per heavy atom. The molecule has 6 heteroatoms. The topological polar surface area (TPSA) is 55.6 Å². The van der Waals surface area contributed by atoms with Crippen molar-refractivity contribution >= 4 is 27.9 Å². The number of ether oxygens (including phenoxy) is 1. The van der Waals surface area contributed by atoms with Crippen molar-refractivity contribution in [2.45, 2.75) is 6.92 Å². The van der Waals surface area contributed by atoms with Gasteiger partial charge in [0.25, 0.3) is 5.91 Å². The Morgan fingerprint density at radius 3 is 2.96 bits per heavy atom. The van der Waals surface area contributed by atoms with Crippen LogP contribution in [-0.4, -0.2) is 21.9 Å². The molecule has 0 unspecified atom stereocenters. The Bertz CT molecular complexity index is 1040. The molecule has 1 amide bonds. The normalized spacial score (nSPS) is 10.8. The van der Waals surface area contributed by atoms with Crippen LogP contribution >= 0.6 is 11.3 Å². The van der Waals surface area contributed by atoms with Gasteiger partial charge < -0.3 is 10.1 Å². The minimum Gasteiger partial charge on any atom is -0.484 e. The average molecular weight is 363 g/mol. The van der Waals surface area contributed by atoms with Gasteiger partial charge >= 0.3 is 0 Å². The molecule has 0 bridgehead atoms. The molecule has 0 aliphatic carbocycles. The van der Waals surface area contributed by atoms with Crippen LogP contribution in [0.15, 0.2) is 66.3 Å². The monoisotopic (exact) mass is 363 g/mol. The second kappa shape index (κ2) is 7.01. The van der Waals surface area contributed by atoms with E-state index in [-0.39, 0.29) is 12.5 Å². The molecule has 2 aromatic heterocycles. The van der Waals surface area contributed by atoms with E-state index in [2.05, 4.69) is 10.3 Å². The van der Waals surface area contributed by atoms with Crippen molar-refractivity contribution in [1.82, 2.24) is 9.38 Å². The van der Waals surface area contributed by atoms with Gasteiger partial charge in [-0.05, 0) is 30.7 Å². The van der Waals surface area contributed by atoms with E-state index >= 15 is 0 Å². The van der Waals surface area contributed by atoms with E-state index in [1.807, 2.05) is 77.6 Å². The Hall–Kier alpha value is -3.12. The van der Waals surface area contributed by atoms with Crippen LogP contribution in [0.1, 0.15) is 5.56 Å². The number of benzene rings is 2. The first-order valence-corrected chi connectivity index (χ1v) is 9.08. The average Bonchev–Trinajstić information content (AvgIpc) is 3.22. The summed E-state index contributed by atoms with van der Waals surface area (Å²) in [5, 5.41) is 4.91.